The Balaban J connectivity index is 0.000000339. The summed E-state index contributed by atoms with van der Waals surface area (Å²) < 4.78 is 43.1. The first-order valence-electron chi connectivity index (χ1n) is 9.42. The minimum atomic E-state index is -5.08. The zero-order chi connectivity index (χ0) is 22.8. The van der Waals surface area contributed by atoms with Crippen molar-refractivity contribution in [1.29, 1.82) is 5.26 Å². The number of esters is 1. The van der Waals surface area contributed by atoms with Gasteiger partial charge in [0.25, 0.3) is 0 Å². The number of aromatic nitrogens is 1. The summed E-state index contributed by atoms with van der Waals surface area (Å²) in [7, 11) is 2.11. The van der Waals surface area contributed by atoms with E-state index in [1.165, 1.54) is 0 Å². The fourth-order valence-corrected chi connectivity index (χ4v) is 3.72. The molecule has 0 spiro atoms. The van der Waals surface area contributed by atoms with Crippen LogP contribution in [0.15, 0.2) is 24.4 Å². The minimum Gasteiger partial charge on any atom is -0.475 e. The number of carbonyl (C=O) groups is 2. The molecule has 31 heavy (non-hydrogen) atoms. The summed E-state index contributed by atoms with van der Waals surface area (Å²) in [6.07, 6.45) is -1.92. The molecule has 0 aliphatic carbocycles. The smallest absolute Gasteiger partial charge is 0.475 e. The highest BCUT2D eigenvalue weighted by Gasteiger charge is 2.39. The van der Waals surface area contributed by atoms with Gasteiger partial charge in [0, 0.05) is 42.0 Å². The van der Waals surface area contributed by atoms with Crippen LogP contribution in [0.2, 0.25) is 0 Å². The standard InChI is InChI=1S/C18H19N3O3.C2HF3O2/c1-21-12-5-14(6-13(21)10-23-9-12)24-18(22)16-8-20-17-3-2-11(7-19)4-15(16)17;3-2(4,5)1(6)7/h2-4,8,12-14,20H,5-6,9-10H2,1H3;(H,6,7)/t12-,13+,14-;. The maximum absolute atomic E-state index is 12.6. The number of ether oxygens (including phenoxy) is 2. The number of hydrogen-bond acceptors (Lipinski definition) is 6. The summed E-state index contributed by atoms with van der Waals surface area (Å²) in [6.45, 7) is 1.39. The van der Waals surface area contributed by atoms with Crippen LogP contribution in [0, 0.1) is 11.3 Å². The van der Waals surface area contributed by atoms with E-state index in [-0.39, 0.29) is 12.1 Å². The van der Waals surface area contributed by atoms with E-state index < -0.39 is 12.1 Å². The number of morpholine rings is 1. The Morgan fingerprint density at radius 1 is 1.29 bits per heavy atom. The summed E-state index contributed by atoms with van der Waals surface area (Å²) in [5.74, 6) is -3.09. The van der Waals surface area contributed by atoms with Crippen molar-refractivity contribution < 1.29 is 37.3 Å². The number of nitrogens with zero attached hydrogens (tertiary/aromatic N) is 2. The first-order chi connectivity index (χ1) is 14.6. The molecule has 0 radical (unpaired) electrons. The number of piperidine rings is 1. The van der Waals surface area contributed by atoms with Gasteiger partial charge in [-0.25, -0.2) is 9.59 Å². The van der Waals surface area contributed by atoms with Crippen molar-refractivity contribution in [3.8, 4) is 6.07 Å². The Morgan fingerprint density at radius 2 is 1.90 bits per heavy atom. The summed E-state index contributed by atoms with van der Waals surface area (Å²) >= 11 is 0. The minimum absolute atomic E-state index is 0.0864. The number of benzene rings is 1. The number of nitriles is 1. The molecule has 2 N–H and O–H groups in total. The van der Waals surface area contributed by atoms with Gasteiger partial charge < -0.3 is 19.6 Å². The van der Waals surface area contributed by atoms with Crippen molar-refractivity contribution in [2.24, 2.45) is 0 Å². The van der Waals surface area contributed by atoms with Gasteiger partial charge in [-0.2, -0.15) is 18.4 Å². The highest BCUT2D eigenvalue weighted by atomic mass is 19.4. The zero-order valence-electron chi connectivity index (χ0n) is 16.5. The molecule has 11 heteroatoms. The number of carbonyl (C=O) groups excluding carboxylic acids is 1. The lowest BCUT2D eigenvalue weighted by Crippen LogP contribution is -2.56. The number of alkyl halides is 3. The van der Waals surface area contributed by atoms with Crippen molar-refractivity contribution in [3.63, 3.8) is 0 Å². The van der Waals surface area contributed by atoms with Crippen molar-refractivity contribution >= 4 is 22.8 Å². The normalized spacial score (nSPS) is 23.4. The van der Waals surface area contributed by atoms with Crippen molar-refractivity contribution in [1.82, 2.24) is 9.88 Å². The highest BCUT2D eigenvalue weighted by molar-refractivity contribution is 6.04. The van der Waals surface area contributed by atoms with Crippen LogP contribution < -0.4 is 0 Å². The van der Waals surface area contributed by atoms with Gasteiger partial charge in [0.2, 0.25) is 0 Å². The molecule has 2 saturated heterocycles. The van der Waals surface area contributed by atoms with E-state index in [0.717, 1.165) is 23.7 Å². The monoisotopic (exact) mass is 439 g/mol. The molecule has 2 fully saturated rings. The molecule has 0 amide bonds. The number of rotatable bonds is 2. The number of nitrogens with one attached hydrogen (secondary N) is 1. The lowest BCUT2D eigenvalue weighted by Gasteiger charge is -2.46. The second-order valence-corrected chi connectivity index (χ2v) is 7.39. The summed E-state index contributed by atoms with van der Waals surface area (Å²) in [4.78, 5) is 26.9. The van der Waals surface area contributed by atoms with E-state index in [4.69, 9.17) is 24.6 Å². The van der Waals surface area contributed by atoms with Crippen LogP contribution in [0.3, 0.4) is 0 Å². The Morgan fingerprint density at radius 3 is 2.45 bits per heavy atom. The molecule has 2 aromatic rings. The van der Waals surface area contributed by atoms with E-state index in [1.54, 1.807) is 18.3 Å². The molecule has 0 unspecified atom stereocenters. The van der Waals surface area contributed by atoms with E-state index >= 15 is 0 Å². The largest absolute Gasteiger partial charge is 0.490 e. The number of carboxylic acids is 1. The fourth-order valence-electron chi connectivity index (χ4n) is 3.72. The number of likely N-dealkylation sites (N-methyl/N-ethyl adjacent to an activating group) is 1. The summed E-state index contributed by atoms with van der Waals surface area (Å²) in [5, 5.41) is 16.9. The second-order valence-electron chi connectivity index (χ2n) is 7.39. The highest BCUT2D eigenvalue weighted by Crippen LogP contribution is 2.29. The van der Waals surface area contributed by atoms with Crippen LogP contribution in [0.5, 0.6) is 0 Å². The van der Waals surface area contributed by atoms with Crippen molar-refractivity contribution in [2.75, 3.05) is 20.3 Å². The van der Waals surface area contributed by atoms with E-state index in [9.17, 15) is 18.0 Å². The third kappa shape index (κ3) is 5.15. The van der Waals surface area contributed by atoms with Crippen LogP contribution in [-0.2, 0) is 14.3 Å². The molecule has 1 aromatic carbocycles. The first kappa shape index (κ1) is 22.6. The topological polar surface area (TPSA) is 116 Å². The van der Waals surface area contributed by atoms with Gasteiger partial charge in [0.15, 0.2) is 0 Å². The number of aliphatic carboxylic acids is 1. The lowest BCUT2D eigenvalue weighted by molar-refractivity contribution is -0.192. The van der Waals surface area contributed by atoms with Crippen LogP contribution in [0.25, 0.3) is 10.9 Å². The third-order valence-electron chi connectivity index (χ3n) is 5.39. The van der Waals surface area contributed by atoms with Gasteiger partial charge in [-0.15, -0.1) is 0 Å². The quantitative estimate of drug-likeness (QED) is 0.692. The number of carboxylic acid groups (broad SMARTS) is 1. The van der Waals surface area contributed by atoms with Gasteiger partial charge in [-0.05, 0) is 25.2 Å². The first-order valence-corrected chi connectivity index (χ1v) is 9.42. The maximum Gasteiger partial charge on any atom is 0.490 e. The molecule has 2 bridgehead atoms. The second kappa shape index (κ2) is 8.95. The van der Waals surface area contributed by atoms with Gasteiger partial charge in [-0.1, -0.05) is 0 Å². The number of aromatic amines is 1. The number of hydrogen-bond donors (Lipinski definition) is 2. The fraction of sp³-hybridized carbons (Fsp3) is 0.450. The Bertz CT molecular complexity index is 1000. The molecule has 3 heterocycles. The molecule has 1 aromatic heterocycles. The molecule has 166 valence electrons. The predicted octanol–water partition coefficient (Wildman–Crippen LogP) is 2.69. The van der Waals surface area contributed by atoms with E-state index in [0.29, 0.717) is 36.4 Å². The predicted molar refractivity (Wildman–Crippen MR) is 101 cm³/mol. The molecular formula is C20H20F3N3O5. The maximum atomic E-state index is 12.6. The molecular weight excluding hydrogens is 419 g/mol. The zero-order valence-corrected chi connectivity index (χ0v) is 16.5. The average molecular weight is 439 g/mol. The third-order valence-corrected chi connectivity index (χ3v) is 5.39. The van der Waals surface area contributed by atoms with Gasteiger partial charge in [0.1, 0.15) is 6.10 Å². The average Bonchev–Trinajstić information content (AvgIpc) is 3.11. The molecule has 0 saturated carbocycles. The van der Waals surface area contributed by atoms with E-state index in [1.807, 2.05) is 6.07 Å². The molecule has 2 aliphatic rings. The van der Waals surface area contributed by atoms with Crippen molar-refractivity contribution in [2.45, 2.75) is 37.2 Å². The number of halogens is 3. The van der Waals surface area contributed by atoms with Crippen molar-refractivity contribution in [3.05, 3.63) is 35.5 Å². The molecule has 8 nitrogen and oxygen atoms in total. The Labute approximate surface area is 175 Å². The Kier molecular flexibility index (Phi) is 6.52. The molecule has 2 aliphatic heterocycles. The van der Waals surface area contributed by atoms with E-state index in [2.05, 4.69) is 23.0 Å². The van der Waals surface area contributed by atoms with Gasteiger partial charge in [-0.3, -0.25) is 4.90 Å². The summed E-state index contributed by atoms with van der Waals surface area (Å²) in [5.41, 5.74) is 1.85. The molecule has 3 atom stereocenters. The van der Waals surface area contributed by atoms with Crippen LogP contribution >= 0.6 is 0 Å². The Hall–Kier alpha value is -3.10. The number of H-pyrrole nitrogens is 1. The number of fused-ring (bicyclic) bond motifs is 3. The van der Waals surface area contributed by atoms with Crippen LogP contribution in [0.1, 0.15) is 28.8 Å². The van der Waals surface area contributed by atoms with Gasteiger partial charge >= 0.3 is 18.1 Å². The van der Waals surface area contributed by atoms with Crippen LogP contribution in [0.4, 0.5) is 13.2 Å². The lowest BCUT2D eigenvalue weighted by atomic mass is 9.92. The van der Waals surface area contributed by atoms with Gasteiger partial charge in [0.05, 0.1) is 30.4 Å². The van der Waals surface area contributed by atoms with Crippen LogP contribution in [-0.4, -0.2) is 71.6 Å². The SMILES string of the molecule is CN1[C@@H]2COC[C@H]1C[C@@H](OC(=O)c1c[nH]c3ccc(C#N)cc13)C2.O=C(O)C(F)(F)F. The molecule has 4 rings (SSSR count). The summed E-state index contributed by atoms with van der Waals surface area (Å²) in [6, 6.07) is 7.98.